The fraction of sp³-hybridized carbons (Fsp3) is 0.364. The molecular formula is C22H23N3O. The molecule has 1 unspecified atom stereocenters. The van der Waals surface area contributed by atoms with E-state index in [0.29, 0.717) is 18.4 Å². The van der Waals surface area contributed by atoms with Crippen LogP contribution in [0.4, 0.5) is 0 Å². The maximum absolute atomic E-state index is 12.5. The van der Waals surface area contributed by atoms with Crippen LogP contribution in [0.1, 0.15) is 42.1 Å². The predicted octanol–water partition coefficient (Wildman–Crippen LogP) is 3.87. The third kappa shape index (κ3) is 2.61. The number of carbonyl (C=O) groups is 1. The van der Waals surface area contributed by atoms with Gasteiger partial charge in [0.05, 0.1) is 11.0 Å². The number of aryl methyl sites for hydroxylation is 1. The Kier molecular flexibility index (Phi) is 3.59. The maximum atomic E-state index is 12.5. The number of rotatable bonds is 4. The first kappa shape index (κ1) is 15.6. The van der Waals surface area contributed by atoms with Crippen LogP contribution in [0.25, 0.3) is 11.0 Å². The Morgan fingerprint density at radius 1 is 1.08 bits per heavy atom. The van der Waals surface area contributed by atoms with Crippen LogP contribution in [-0.4, -0.2) is 32.9 Å². The number of likely N-dealkylation sites (tertiary alicyclic amines) is 1. The van der Waals surface area contributed by atoms with E-state index in [9.17, 15) is 4.79 Å². The molecule has 2 heterocycles. The molecule has 5 rings (SSSR count). The van der Waals surface area contributed by atoms with E-state index in [1.54, 1.807) is 0 Å². The molecule has 0 spiro atoms. The molecule has 4 nitrogen and oxygen atoms in total. The summed E-state index contributed by atoms with van der Waals surface area (Å²) in [6.45, 7) is 3.78. The third-order valence-corrected chi connectivity index (χ3v) is 5.79. The summed E-state index contributed by atoms with van der Waals surface area (Å²) in [6, 6.07) is 17.3. The molecule has 1 saturated carbocycles. The minimum absolute atomic E-state index is 0.194. The number of imidazole rings is 1. The first-order valence-electron chi connectivity index (χ1n) is 9.50. The van der Waals surface area contributed by atoms with Crippen LogP contribution >= 0.6 is 0 Å². The minimum atomic E-state index is 0.194. The Hall–Kier alpha value is -2.62. The highest BCUT2D eigenvalue weighted by molar-refractivity contribution is 5.81. The molecule has 0 N–H and O–H groups in total. The molecule has 26 heavy (non-hydrogen) atoms. The van der Waals surface area contributed by atoms with Gasteiger partial charge in [0.25, 0.3) is 0 Å². The zero-order chi connectivity index (χ0) is 17.7. The number of fused-ring (bicyclic) bond motifs is 1. The van der Waals surface area contributed by atoms with Gasteiger partial charge in [-0.05, 0) is 43.0 Å². The van der Waals surface area contributed by atoms with Crippen molar-refractivity contribution >= 4 is 16.9 Å². The lowest BCUT2D eigenvalue weighted by Gasteiger charge is -2.17. The smallest absolute Gasteiger partial charge is 0.223 e. The van der Waals surface area contributed by atoms with Gasteiger partial charge in [-0.25, -0.2) is 4.98 Å². The van der Waals surface area contributed by atoms with Gasteiger partial charge in [-0.3, -0.25) is 4.79 Å². The summed E-state index contributed by atoms with van der Waals surface area (Å²) in [5.74, 6) is 1.55. The lowest BCUT2D eigenvalue weighted by atomic mass is 10.1. The summed E-state index contributed by atoms with van der Waals surface area (Å²) < 4.78 is 2.33. The van der Waals surface area contributed by atoms with Crippen molar-refractivity contribution < 1.29 is 4.79 Å². The number of hydrogen-bond acceptors (Lipinski definition) is 2. The molecule has 4 heteroatoms. The van der Waals surface area contributed by atoms with E-state index in [1.165, 1.54) is 11.1 Å². The molecule has 1 amide bonds. The number of amides is 1. The predicted molar refractivity (Wildman–Crippen MR) is 102 cm³/mol. The molecule has 1 aromatic heterocycles. The standard InChI is InChI=1S/C22H23N3O/c1-15-6-2-3-7-16(15)13-25-20-9-5-4-8-19(20)23-22(25)17-12-21(26)24(14-17)18-10-11-18/h2-9,17-18H,10-14H2,1H3. The molecule has 1 saturated heterocycles. The van der Waals surface area contributed by atoms with E-state index in [2.05, 4.69) is 58.9 Å². The molecular weight excluding hydrogens is 322 g/mol. The number of hydrogen-bond donors (Lipinski definition) is 0. The second-order valence-electron chi connectivity index (χ2n) is 7.65. The van der Waals surface area contributed by atoms with Crippen LogP contribution in [0.3, 0.4) is 0 Å². The highest BCUT2D eigenvalue weighted by atomic mass is 16.2. The van der Waals surface area contributed by atoms with Gasteiger partial charge in [0.15, 0.2) is 0 Å². The zero-order valence-electron chi connectivity index (χ0n) is 15.1. The van der Waals surface area contributed by atoms with E-state index >= 15 is 0 Å². The third-order valence-electron chi connectivity index (χ3n) is 5.79. The highest BCUT2D eigenvalue weighted by Crippen LogP contribution is 2.37. The second kappa shape index (κ2) is 5.97. The second-order valence-corrected chi connectivity index (χ2v) is 7.65. The Labute approximate surface area is 153 Å². The van der Waals surface area contributed by atoms with Crippen molar-refractivity contribution in [2.24, 2.45) is 0 Å². The van der Waals surface area contributed by atoms with E-state index < -0.39 is 0 Å². The van der Waals surface area contributed by atoms with Crippen LogP contribution in [-0.2, 0) is 11.3 Å². The van der Waals surface area contributed by atoms with Crippen LogP contribution in [0.5, 0.6) is 0 Å². The number of aromatic nitrogens is 2. The van der Waals surface area contributed by atoms with Crippen molar-refractivity contribution in [3.05, 3.63) is 65.5 Å². The molecule has 132 valence electrons. The normalized spacial score (nSPS) is 20.3. The van der Waals surface area contributed by atoms with Crippen molar-refractivity contribution in [3.8, 4) is 0 Å². The monoisotopic (exact) mass is 345 g/mol. The fourth-order valence-electron chi connectivity index (χ4n) is 4.17. The number of carbonyl (C=O) groups excluding carboxylic acids is 1. The van der Waals surface area contributed by atoms with Crippen molar-refractivity contribution in [1.82, 2.24) is 14.5 Å². The quantitative estimate of drug-likeness (QED) is 0.720. The van der Waals surface area contributed by atoms with Gasteiger partial charge in [-0.2, -0.15) is 0 Å². The first-order chi connectivity index (χ1) is 12.7. The Balaban J connectivity index is 1.57. The van der Waals surface area contributed by atoms with Gasteiger partial charge in [0.2, 0.25) is 5.91 Å². The van der Waals surface area contributed by atoms with Crippen molar-refractivity contribution in [1.29, 1.82) is 0 Å². The molecule has 1 aliphatic heterocycles. The average Bonchev–Trinajstić information content (AvgIpc) is 3.32. The molecule has 2 aliphatic rings. The molecule has 3 aromatic rings. The summed E-state index contributed by atoms with van der Waals surface area (Å²) in [5, 5.41) is 0. The molecule has 0 bridgehead atoms. The van der Waals surface area contributed by atoms with Crippen LogP contribution < -0.4 is 0 Å². The lowest BCUT2D eigenvalue weighted by molar-refractivity contribution is -0.128. The average molecular weight is 345 g/mol. The van der Waals surface area contributed by atoms with Crippen molar-refractivity contribution in [3.63, 3.8) is 0 Å². The first-order valence-corrected chi connectivity index (χ1v) is 9.50. The van der Waals surface area contributed by atoms with E-state index in [4.69, 9.17) is 4.98 Å². The van der Waals surface area contributed by atoms with Crippen LogP contribution in [0.15, 0.2) is 48.5 Å². The Morgan fingerprint density at radius 2 is 1.85 bits per heavy atom. The minimum Gasteiger partial charge on any atom is -0.339 e. The summed E-state index contributed by atoms with van der Waals surface area (Å²) >= 11 is 0. The summed E-state index contributed by atoms with van der Waals surface area (Å²) in [6.07, 6.45) is 2.92. The summed E-state index contributed by atoms with van der Waals surface area (Å²) in [7, 11) is 0. The van der Waals surface area contributed by atoms with Crippen molar-refractivity contribution in [2.75, 3.05) is 6.54 Å². The Morgan fingerprint density at radius 3 is 2.65 bits per heavy atom. The molecule has 0 radical (unpaired) electrons. The largest absolute Gasteiger partial charge is 0.339 e. The lowest BCUT2D eigenvalue weighted by Crippen LogP contribution is -2.27. The fourth-order valence-corrected chi connectivity index (χ4v) is 4.17. The topological polar surface area (TPSA) is 38.1 Å². The van der Waals surface area contributed by atoms with E-state index in [-0.39, 0.29) is 5.92 Å². The van der Waals surface area contributed by atoms with Gasteiger partial charge in [-0.15, -0.1) is 0 Å². The van der Waals surface area contributed by atoms with Crippen LogP contribution in [0, 0.1) is 6.92 Å². The van der Waals surface area contributed by atoms with E-state index in [0.717, 1.165) is 42.8 Å². The van der Waals surface area contributed by atoms with Gasteiger partial charge in [0.1, 0.15) is 5.82 Å². The summed E-state index contributed by atoms with van der Waals surface area (Å²) in [5.41, 5.74) is 4.77. The molecule has 1 atom stereocenters. The molecule has 1 aliphatic carbocycles. The summed E-state index contributed by atoms with van der Waals surface area (Å²) in [4.78, 5) is 19.5. The van der Waals surface area contributed by atoms with E-state index in [1.807, 2.05) is 6.07 Å². The number of benzene rings is 2. The highest BCUT2D eigenvalue weighted by Gasteiger charge is 2.41. The van der Waals surface area contributed by atoms with Gasteiger partial charge < -0.3 is 9.47 Å². The molecule has 2 fully saturated rings. The maximum Gasteiger partial charge on any atom is 0.223 e. The van der Waals surface area contributed by atoms with Gasteiger partial charge in [0, 0.05) is 31.5 Å². The van der Waals surface area contributed by atoms with Crippen LogP contribution in [0.2, 0.25) is 0 Å². The number of nitrogens with zero attached hydrogens (tertiary/aromatic N) is 3. The SMILES string of the molecule is Cc1ccccc1Cn1c(C2CC(=O)N(C3CC3)C2)nc2ccccc21. The Bertz CT molecular complexity index is 986. The van der Waals surface area contributed by atoms with Crippen molar-refractivity contribution in [2.45, 2.75) is 44.7 Å². The zero-order valence-corrected chi connectivity index (χ0v) is 15.1. The van der Waals surface area contributed by atoms with Gasteiger partial charge >= 0.3 is 0 Å². The van der Waals surface area contributed by atoms with Gasteiger partial charge in [-0.1, -0.05) is 36.4 Å². The molecule has 2 aromatic carbocycles. The number of para-hydroxylation sites is 2.